The van der Waals surface area contributed by atoms with Gasteiger partial charge in [0.05, 0.1) is 0 Å². The third-order valence-corrected chi connectivity index (χ3v) is 2.19. The molecule has 0 spiro atoms. The van der Waals surface area contributed by atoms with Crippen LogP contribution in [0.1, 0.15) is 11.1 Å². The van der Waals surface area contributed by atoms with Crippen molar-refractivity contribution in [2.75, 3.05) is 0 Å². The van der Waals surface area contributed by atoms with Gasteiger partial charge in [0.1, 0.15) is 0 Å². The maximum Gasteiger partial charge on any atom is 2.00 e. The van der Waals surface area contributed by atoms with Crippen molar-refractivity contribution in [3.05, 3.63) is 59.7 Å². The maximum absolute atomic E-state index is 3.32. The summed E-state index contributed by atoms with van der Waals surface area (Å²) in [6, 6.07) is 18.9. The Morgan fingerprint density at radius 1 is 1.00 bits per heavy atom. The minimum Gasteiger partial charge on any atom is -0.226 e. The van der Waals surface area contributed by atoms with Crippen molar-refractivity contribution in [2.24, 2.45) is 0 Å². The second kappa shape index (κ2) is 5.28. The topological polar surface area (TPSA) is 0 Å². The predicted octanol–water partition coefficient (Wildman–Crippen LogP) is 3.57. The zero-order valence-electron chi connectivity index (χ0n) is 8.87. The summed E-state index contributed by atoms with van der Waals surface area (Å²) in [4.78, 5) is 0. The zero-order chi connectivity index (χ0) is 9.97. The second-order valence-electron chi connectivity index (χ2n) is 3.53. The van der Waals surface area contributed by atoms with Gasteiger partial charge in [0.25, 0.3) is 0 Å². The molecule has 0 aliphatic heterocycles. The van der Waals surface area contributed by atoms with Crippen LogP contribution in [0.25, 0.3) is 11.1 Å². The number of hydrogen-bond acceptors (Lipinski definition) is 0. The molecule has 2 aromatic rings. The largest absolute Gasteiger partial charge is 2.00 e. The molecule has 0 N–H and O–H groups in total. The van der Waals surface area contributed by atoms with Crippen LogP contribution in [0.3, 0.4) is 0 Å². The van der Waals surface area contributed by atoms with Crippen LogP contribution in [0.4, 0.5) is 0 Å². The van der Waals surface area contributed by atoms with E-state index in [-0.39, 0.29) is 21.1 Å². The standard InChI is InChI=1S/C14H12.W/c1-11-5-3-7-13(9-11)14-8-4-6-12(2)10-14;/h3-7,10H,1-2H3;/q-2;+2. The van der Waals surface area contributed by atoms with Crippen LogP contribution in [0.2, 0.25) is 0 Å². The molecule has 0 fully saturated rings. The van der Waals surface area contributed by atoms with Crippen LogP contribution >= 0.6 is 0 Å². The Kier molecular flexibility index (Phi) is 4.29. The summed E-state index contributed by atoms with van der Waals surface area (Å²) in [7, 11) is 0. The van der Waals surface area contributed by atoms with Gasteiger partial charge in [-0.2, -0.15) is 36.4 Å². The van der Waals surface area contributed by atoms with Crippen LogP contribution in [0.15, 0.2) is 36.4 Å². The van der Waals surface area contributed by atoms with E-state index in [2.05, 4.69) is 56.3 Å². The van der Waals surface area contributed by atoms with Crippen molar-refractivity contribution < 1.29 is 21.1 Å². The molecule has 0 aliphatic carbocycles. The van der Waals surface area contributed by atoms with Crippen LogP contribution in [-0.4, -0.2) is 0 Å². The Bertz CT molecular complexity index is 403. The molecule has 0 radical (unpaired) electrons. The maximum atomic E-state index is 3.32. The monoisotopic (exact) mass is 364 g/mol. The summed E-state index contributed by atoms with van der Waals surface area (Å²) in [5.41, 5.74) is 4.66. The van der Waals surface area contributed by atoms with E-state index < -0.39 is 0 Å². The Morgan fingerprint density at radius 3 is 2.47 bits per heavy atom. The fourth-order valence-corrected chi connectivity index (χ4v) is 1.48. The molecule has 0 aliphatic rings. The normalized spacial score (nSPS) is 9.47. The second-order valence-corrected chi connectivity index (χ2v) is 3.53. The predicted molar refractivity (Wildman–Crippen MR) is 59.0 cm³/mol. The summed E-state index contributed by atoms with van der Waals surface area (Å²) < 4.78 is 0. The van der Waals surface area contributed by atoms with Crippen LogP contribution < -0.4 is 0 Å². The third kappa shape index (κ3) is 3.04. The molecule has 0 bridgehead atoms. The Labute approximate surface area is 106 Å². The van der Waals surface area contributed by atoms with Crippen molar-refractivity contribution in [3.8, 4) is 11.1 Å². The smallest absolute Gasteiger partial charge is 0.226 e. The minimum absolute atomic E-state index is 0. The molecule has 0 saturated carbocycles. The van der Waals surface area contributed by atoms with Crippen molar-refractivity contribution in [1.29, 1.82) is 0 Å². The molecule has 0 saturated heterocycles. The van der Waals surface area contributed by atoms with Gasteiger partial charge < -0.3 is 0 Å². The van der Waals surface area contributed by atoms with Crippen molar-refractivity contribution in [2.45, 2.75) is 13.8 Å². The first-order chi connectivity index (χ1) is 6.75. The quantitative estimate of drug-likeness (QED) is 0.679. The van der Waals surface area contributed by atoms with Gasteiger partial charge in [0, 0.05) is 0 Å². The molecule has 0 aromatic heterocycles. The Morgan fingerprint density at radius 2 is 1.80 bits per heavy atom. The molecule has 0 amide bonds. The molecule has 0 nitrogen and oxygen atoms in total. The van der Waals surface area contributed by atoms with E-state index in [0.717, 1.165) is 16.7 Å². The molecular formula is C14H12W. The first-order valence-corrected chi connectivity index (χ1v) is 4.73. The molecule has 0 heterocycles. The molecule has 74 valence electrons. The van der Waals surface area contributed by atoms with Gasteiger partial charge in [-0.25, -0.2) is 11.1 Å². The van der Waals surface area contributed by atoms with Crippen LogP contribution in [-0.2, 0) is 21.1 Å². The summed E-state index contributed by atoms with van der Waals surface area (Å²) in [6.45, 7) is 4.15. The van der Waals surface area contributed by atoms with Gasteiger partial charge in [-0.05, 0) is 0 Å². The van der Waals surface area contributed by atoms with E-state index in [9.17, 15) is 0 Å². The SMILES string of the molecule is Cc1[c-]c(-c2[c-]ccc(C)c2)ccc1.[W+2]. The number of aryl methyl sites for hydroxylation is 2. The van der Waals surface area contributed by atoms with Crippen molar-refractivity contribution in [1.82, 2.24) is 0 Å². The molecule has 0 atom stereocenters. The summed E-state index contributed by atoms with van der Waals surface area (Å²) in [5, 5.41) is 0. The third-order valence-electron chi connectivity index (χ3n) is 2.19. The van der Waals surface area contributed by atoms with E-state index >= 15 is 0 Å². The van der Waals surface area contributed by atoms with E-state index in [4.69, 9.17) is 0 Å². The first kappa shape index (κ1) is 12.2. The number of hydrogen-bond donors (Lipinski definition) is 0. The molecule has 2 aromatic carbocycles. The zero-order valence-corrected chi connectivity index (χ0v) is 11.8. The number of rotatable bonds is 1. The van der Waals surface area contributed by atoms with Gasteiger partial charge >= 0.3 is 21.1 Å². The van der Waals surface area contributed by atoms with Crippen LogP contribution in [0.5, 0.6) is 0 Å². The summed E-state index contributed by atoms with van der Waals surface area (Å²) in [5.74, 6) is 0. The number of benzene rings is 2. The Balaban J connectivity index is 0.00000112. The molecule has 15 heavy (non-hydrogen) atoms. The average Bonchev–Trinajstić information content (AvgIpc) is 2.18. The van der Waals surface area contributed by atoms with E-state index in [1.165, 1.54) is 5.56 Å². The van der Waals surface area contributed by atoms with Crippen LogP contribution in [0, 0.1) is 26.0 Å². The molecule has 1 heteroatoms. The van der Waals surface area contributed by atoms with Gasteiger partial charge in [-0.15, -0.1) is 23.3 Å². The molecule has 0 unspecified atom stereocenters. The van der Waals surface area contributed by atoms with Gasteiger partial charge in [0.15, 0.2) is 0 Å². The van der Waals surface area contributed by atoms with E-state index in [1.807, 2.05) is 6.07 Å². The van der Waals surface area contributed by atoms with Crippen molar-refractivity contribution >= 4 is 0 Å². The van der Waals surface area contributed by atoms with E-state index in [0.29, 0.717) is 0 Å². The fourth-order valence-electron chi connectivity index (χ4n) is 1.48. The van der Waals surface area contributed by atoms with Gasteiger partial charge in [-0.1, -0.05) is 13.8 Å². The summed E-state index contributed by atoms with van der Waals surface area (Å²) in [6.07, 6.45) is 0. The average molecular weight is 364 g/mol. The van der Waals surface area contributed by atoms with Crippen molar-refractivity contribution in [3.63, 3.8) is 0 Å². The summed E-state index contributed by atoms with van der Waals surface area (Å²) >= 11 is 0. The van der Waals surface area contributed by atoms with Gasteiger partial charge in [0.2, 0.25) is 0 Å². The van der Waals surface area contributed by atoms with Gasteiger partial charge in [-0.3, -0.25) is 0 Å². The Hall–Kier alpha value is -0.872. The fraction of sp³-hybridized carbons (Fsp3) is 0.143. The first-order valence-electron chi connectivity index (χ1n) is 4.73. The van der Waals surface area contributed by atoms with E-state index in [1.54, 1.807) is 0 Å². The molecule has 2 rings (SSSR count). The minimum atomic E-state index is 0. The molecular weight excluding hydrogens is 352 g/mol.